The molecule has 1 atom stereocenters. The predicted molar refractivity (Wildman–Crippen MR) is 83.8 cm³/mol. The highest BCUT2D eigenvalue weighted by molar-refractivity contribution is 9.10. The molecule has 1 aromatic carbocycles. The van der Waals surface area contributed by atoms with Crippen molar-refractivity contribution in [1.82, 2.24) is 4.57 Å². The largest absolute Gasteiger partial charge is 0.324 e. The molecule has 0 bridgehead atoms. The number of benzene rings is 1. The molecule has 1 unspecified atom stereocenters. The molecule has 1 heterocycles. The standard InChI is InChI=1S/C16H17BrN2O/c17-12-4-1-3-11(9-12)10-19-15-6-2-5-14(18)13(15)7-8-16(19)20/h1,3-4,7-9,14H,2,5-6,10,18H2. The second kappa shape index (κ2) is 5.54. The summed E-state index contributed by atoms with van der Waals surface area (Å²) in [4.78, 5) is 12.2. The highest BCUT2D eigenvalue weighted by Gasteiger charge is 2.20. The number of rotatable bonds is 2. The first kappa shape index (κ1) is 13.6. The lowest BCUT2D eigenvalue weighted by molar-refractivity contribution is 0.529. The molecule has 20 heavy (non-hydrogen) atoms. The van der Waals surface area contributed by atoms with Crippen molar-refractivity contribution in [2.45, 2.75) is 31.8 Å². The quantitative estimate of drug-likeness (QED) is 0.918. The molecule has 0 amide bonds. The van der Waals surface area contributed by atoms with Gasteiger partial charge in [-0.2, -0.15) is 0 Å². The smallest absolute Gasteiger partial charge is 0.251 e. The van der Waals surface area contributed by atoms with Crippen LogP contribution >= 0.6 is 15.9 Å². The molecule has 3 nitrogen and oxygen atoms in total. The second-order valence-electron chi connectivity index (χ2n) is 5.29. The van der Waals surface area contributed by atoms with Crippen LogP contribution in [0.4, 0.5) is 0 Å². The number of nitrogens with two attached hydrogens (primary N) is 1. The van der Waals surface area contributed by atoms with Crippen molar-refractivity contribution >= 4 is 15.9 Å². The summed E-state index contributed by atoms with van der Waals surface area (Å²) in [6.45, 7) is 0.605. The Morgan fingerprint density at radius 3 is 2.95 bits per heavy atom. The topological polar surface area (TPSA) is 48.0 Å². The van der Waals surface area contributed by atoms with E-state index in [-0.39, 0.29) is 11.6 Å². The third-order valence-corrected chi connectivity index (χ3v) is 4.38. The molecule has 0 saturated carbocycles. The molecule has 1 aromatic heterocycles. The van der Waals surface area contributed by atoms with Crippen molar-refractivity contribution in [2.75, 3.05) is 0 Å². The van der Waals surface area contributed by atoms with Crippen molar-refractivity contribution in [2.24, 2.45) is 5.73 Å². The van der Waals surface area contributed by atoms with Crippen molar-refractivity contribution in [3.05, 3.63) is 68.0 Å². The van der Waals surface area contributed by atoms with Crippen LogP contribution < -0.4 is 11.3 Å². The van der Waals surface area contributed by atoms with E-state index in [4.69, 9.17) is 5.73 Å². The first-order valence-electron chi connectivity index (χ1n) is 6.88. The van der Waals surface area contributed by atoms with Gasteiger partial charge in [0.1, 0.15) is 0 Å². The van der Waals surface area contributed by atoms with Crippen molar-refractivity contribution < 1.29 is 0 Å². The SMILES string of the molecule is NC1CCCc2c1ccc(=O)n2Cc1cccc(Br)c1. The van der Waals surface area contributed by atoms with Crippen LogP contribution in [0.1, 0.15) is 35.7 Å². The minimum absolute atomic E-state index is 0.0535. The highest BCUT2D eigenvalue weighted by Crippen LogP contribution is 2.27. The molecule has 2 aromatic rings. The first-order valence-corrected chi connectivity index (χ1v) is 7.67. The van der Waals surface area contributed by atoms with Crippen LogP contribution in [0.25, 0.3) is 0 Å². The lowest BCUT2D eigenvalue weighted by Crippen LogP contribution is -2.29. The monoisotopic (exact) mass is 332 g/mol. The number of hydrogen-bond acceptors (Lipinski definition) is 2. The Morgan fingerprint density at radius 1 is 1.30 bits per heavy atom. The van der Waals surface area contributed by atoms with E-state index < -0.39 is 0 Å². The Bertz CT molecular complexity index is 693. The zero-order valence-corrected chi connectivity index (χ0v) is 12.8. The Balaban J connectivity index is 2.05. The fraction of sp³-hybridized carbons (Fsp3) is 0.312. The summed E-state index contributed by atoms with van der Waals surface area (Å²) in [6.07, 6.45) is 2.99. The summed E-state index contributed by atoms with van der Waals surface area (Å²) in [7, 11) is 0. The van der Waals surface area contributed by atoms with Crippen LogP contribution in [0.3, 0.4) is 0 Å². The van der Waals surface area contributed by atoms with E-state index in [9.17, 15) is 4.79 Å². The van der Waals surface area contributed by atoms with Gasteiger partial charge >= 0.3 is 0 Å². The Kier molecular flexibility index (Phi) is 3.76. The number of halogens is 1. The van der Waals surface area contributed by atoms with E-state index in [1.807, 2.05) is 28.8 Å². The molecule has 0 aliphatic heterocycles. The fourth-order valence-corrected chi connectivity index (χ4v) is 3.34. The molecule has 1 aliphatic rings. The van der Waals surface area contributed by atoms with Crippen LogP contribution in [0.5, 0.6) is 0 Å². The Labute approximate surface area is 126 Å². The van der Waals surface area contributed by atoms with Gasteiger partial charge in [-0.25, -0.2) is 0 Å². The summed E-state index contributed by atoms with van der Waals surface area (Å²) >= 11 is 3.47. The summed E-state index contributed by atoms with van der Waals surface area (Å²) in [5, 5.41) is 0. The summed E-state index contributed by atoms with van der Waals surface area (Å²) in [5.41, 5.74) is 9.57. The molecule has 4 heteroatoms. The average Bonchev–Trinajstić information content (AvgIpc) is 2.42. The molecule has 3 rings (SSSR count). The molecule has 0 spiro atoms. The van der Waals surface area contributed by atoms with Crippen LogP contribution in [0, 0.1) is 0 Å². The van der Waals surface area contributed by atoms with Gasteiger partial charge in [-0.15, -0.1) is 0 Å². The van der Waals surface area contributed by atoms with Gasteiger partial charge in [0.05, 0.1) is 6.54 Å². The van der Waals surface area contributed by atoms with Gasteiger partial charge in [0.15, 0.2) is 0 Å². The van der Waals surface area contributed by atoms with Crippen LogP contribution in [0.2, 0.25) is 0 Å². The van der Waals surface area contributed by atoms with E-state index in [2.05, 4.69) is 22.0 Å². The predicted octanol–water partition coefficient (Wildman–Crippen LogP) is 3.00. The molecule has 0 radical (unpaired) electrons. The van der Waals surface area contributed by atoms with Crippen molar-refractivity contribution in [3.8, 4) is 0 Å². The minimum Gasteiger partial charge on any atom is -0.324 e. The van der Waals surface area contributed by atoms with Crippen molar-refractivity contribution in [3.63, 3.8) is 0 Å². The number of aromatic nitrogens is 1. The lowest BCUT2D eigenvalue weighted by atomic mass is 9.91. The Morgan fingerprint density at radius 2 is 2.15 bits per heavy atom. The van der Waals surface area contributed by atoms with Gasteiger partial charge in [-0.1, -0.05) is 34.1 Å². The third kappa shape index (κ3) is 2.58. The number of pyridine rings is 1. The second-order valence-corrected chi connectivity index (χ2v) is 6.20. The number of fused-ring (bicyclic) bond motifs is 1. The lowest BCUT2D eigenvalue weighted by Gasteiger charge is -2.25. The van der Waals surface area contributed by atoms with E-state index in [0.29, 0.717) is 6.54 Å². The zero-order valence-electron chi connectivity index (χ0n) is 11.2. The van der Waals surface area contributed by atoms with Gasteiger partial charge < -0.3 is 10.3 Å². The summed E-state index contributed by atoms with van der Waals surface area (Å²) in [6, 6.07) is 11.7. The van der Waals surface area contributed by atoms with E-state index in [0.717, 1.165) is 40.6 Å². The zero-order chi connectivity index (χ0) is 14.1. The Hall–Kier alpha value is -1.39. The van der Waals surface area contributed by atoms with Gasteiger partial charge in [0.25, 0.3) is 5.56 Å². The van der Waals surface area contributed by atoms with Crippen LogP contribution in [-0.2, 0) is 13.0 Å². The molecular formula is C16H17BrN2O. The third-order valence-electron chi connectivity index (χ3n) is 3.89. The first-order chi connectivity index (χ1) is 9.65. The maximum Gasteiger partial charge on any atom is 0.251 e. The normalized spacial score (nSPS) is 17.8. The van der Waals surface area contributed by atoms with E-state index >= 15 is 0 Å². The minimum atomic E-state index is 0.0535. The van der Waals surface area contributed by atoms with Gasteiger partial charge in [0, 0.05) is 22.3 Å². The average molecular weight is 333 g/mol. The number of nitrogens with zero attached hydrogens (tertiary/aromatic N) is 1. The van der Waals surface area contributed by atoms with Gasteiger partial charge in [-0.05, 0) is 42.5 Å². The van der Waals surface area contributed by atoms with Gasteiger partial charge in [-0.3, -0.25) is 4.79 Å². The molecule has 2 N–H and O–H groups in total. The summed E-state index contributed by atoms with van der Waals surface area (Å²) in [5.74, 6) is 0. The summed E-state index contributed by atoms with van der Waals surface area (Å²) < 4.78 is 2.90. The molecule has 0 saturated heterocycles. The van der Waals surface area contributed by atoms with Gasteiger partial charge in [0.2, 0.25) is 0 Å². The molecular weight excluding hydrogens is 316 g/mol. The van der Waals surface area contributed by atoms with Crippen LogP contribution in [0.15, 0.2) is 45.7 Å². The van der Waals surface area contributed by atoms with Crippen molar-refractivity contribution in [1.29, 1.82) is 0 Å². The maximum absolute atomic E-state index is 12.2. The van der Waals surface area contributed by atoms with E-state index in [1.54, 1.807) is 6.07 Å². The molecule has 1 aliphatic carbocycles. The fourth-order valence-electron chi connectivity index (χ4n) is 2.89. The molecule has 104 valence electrons. The van der Waals surface area contributed by atoms with E-state index in [1.165, 1.54) is 0 Å². The maximum atomic E-state index is 12.2. The van der Waals surface area contributed by atoms with Crippen LogP contribution in [-0.4, -0.2) is 4.57 Å². The highest BCUT2D eigenvalue weighted by atomic mass is 79.9. The number of hydrogen-bond donors (Lipinski definition) is 1. The molecule has 0 fully saturated rings.